The number of hydrogen-bond acceptors (Lipinski definition) is 2. The predicted molar refractivity (Wildman–Crippen MR) is 88.5 cm³/mol. The van der Waals surface area contributed by atoms with Gasteiger partial charge in [-0.05, 0) is 41.7 Å². The number of carbonyl (C=O) groups excluding carboxylic acids is 1. The molecule has 1 atom stereocenters. The Morgan fingerprint density at radius 3 is 2.30 bits per heavy atom. The summed E-state index contributed by atoms with van der Waals surface area (Å²) in [6, 6.07) is 13.8. The summed E-state index contributed by atoms with van der Waals surface area (Å²) < 4.78 is 12.8. The van der Waals surface area contributed by atoms with Gasteiger partial charge in [-0.25, -0.2) is 4.39 Å². The lowest BCUT2D eigenvalue weighted by Crippen LogP contribution is -2.28. The average molecular weight is 315 g/mol. The molecule has 0 saturated carbocycles. The van der Waals surface area contributed by atoms with E-state index in [9.17, 15) is 14.3 Å². The highest BCUT2D eigenvalue weighted by atomic mass is 19.1. The Hall–Kier alpha value is -2.20. The van der Waals surface area contributed by atoms with E-state index < -0.39 is 6.10 Å². The second-order valence-electron chi connectivity index (χ2n) is 5.54. The third-order valence-corrected chi connectivity index (χ3v) is 3.82. The van der Waals surface area contributed by atoms with Crippen LogP contribution in [-0.4, -0.2) is 17.6 Å². The summed E-state index contributed by atoms with van der Waals surface area (Å²) in [5, 5.41) is 12.7. The molecule has 0 aromatic heterocycles. The fraction of sp³-hybridized carbons (Fsp3) is 0.316. The lowest BCUT2D eigenvalue weighted by Gasteiger charge is -2.12. The molecule has 2 rings (SSSR count). The van der Waals surface area contributed by atoms with E-state index in [1.165, 1.54) is 29.8 Å². The normalized spacial score (nSPS) is 12.0. The van der Waals surface area contributed by atoms with Crippen molar-refractivity contribution < 1.29 is 14.3 Å². The first-order valence-corrected chi connectivity index (χ1v) is 7.86. The lowest BCUT2D eigenvalue weighted by atomic mass is 10.1. The molecule has 2 N–H and O–H groups in total. The third kappa shape index (κ3) is 5.49. The average Bonchev–Trinajstić information content (AvgIpc) is 2.59. The van der Waals surface area contributed by atoms with E-state index >= 15 is 0 Å². The molecule has 4 heteroatoms. The van der Waals surface area contributed by atoms with Crippen molar-refractivity contribution in [3.8, 4) is 0 Å². The highest BCUT2D eigenvalue weighted by Gasteiger charge is 2.09. The van der Waals surface area contributed by atoms with Gasteiger partial charge in [0.1, 0.15) is 5.82 Å². The van der Waals surface area contributed by atoms with Crippen molar-refractivity contribution in [3.05, 3.63) is 71.0 Å². The molecule has 1 amide bonds. The van der Waals surface area contributed by atoms with Crippen LogP contribution in [0.4, 0.5) is 4.39 Å². The van der Waals surface area contributed by atoms with Crippen LogP contribution in [0.3, 0.4) is 0 Å². The zero-order chi connectivity index (χ0) is 16.7. The quantitative estimate of drug-likeness (QED) is 0.824. The highest BCUT2D eigenvalue weighted by molar-refractivity contribution is 5.76. The zero-order valence-corrected chi connectivity index (χ0v) is 13.3. The summed E-state index contributed by atoms with van der Waals surface area (Å²) in [6.07, 6.45) is 1.22. The molecular weight excluding hydrogens is 293 g/mol. The summed E-state index contributed by atoms with van der Waals surface area (Å²) in [6.45, 7) is 2.23. The Morgan fingerprint density at radius 1 is 1.09 bits per heavy atom. The van der Waals surface area contributed by atoms with E-state index in [2.05, 4.69) is 24.4 Å². The van der Waals surface area contributed by atoms with Crippen molar-refractivity contribution in [1.82, 2.24) is 5.32 Å². The number of carbonyl (C=O) groups is 1. The Bertz CT molecular complexity index is 623. The van der Waals surface area contributed by atoms with Crippen LogP contribution in [0.1, 0.15) is 36.1 Å². The molecule has 0 saturated heterocycles. The second-order valence-corrected chi connectivity index (χ2v) is 5.54. The highest BCUT2D eigenvalue weighted by Crippen LogP contribution is 2.12. The number of nitrogens with one attached hydrogen (secondary N) is 1. The standard InChI is InChI=1S/C19H22FNO2/c1-2-14-3-5-15(6-4-14)7-12-19(23)21-13-18(22)16-8-10-17(20)11-9-16/h3-6,8-11,18,22H,2,7,12-13H2,1H3,(H,21,23). The van der Waals surface area contributed by atoms with Gasteiger partial charge in [-0.15, -0.1) is 0 Å². The van der Waals surface area contributed by atoms with Crippen molar-refractivity contribution >= 4 is 5.91 Å². The molecule has 2 aromatic rings. The maximum absolute atomic E-state index is 12.8. The predicted octanol–water partition coefficient (Wildman–Crippen LogP) is 3.17. The van der Waals surface area contributed by atoms with Crippen LogP contribution < -0.4 is 5.32 Å². The Morgan fingerprint density at radius 2 is 1.70 bits per heavy atom. The van der Waals surface area contributed by atoms with Crippen LogP contribution >= 0.6 is 0 Å². The first kappa shape index (κ1) is 17.2. The van der Waals surface area contributed by atoms with E-state index in [-0.39, 0.29) is 18.3 Å². The fourth-order valence-electron chi connectivity index (χ4n) is 2.30. The van der Waals surface area contributed by atoms with Crippen LogP contribution in [0.25, 0.3) is 0 Å². The van der Waals surface area contributed by atoms with Gasteiger partial charge < -0.3 is 10.4 Å². The molecule has 3 nitrogen and oxygen atoms in total. The van der Waals surface area contributed by atoms with Crippen LogP contribution in [0.15, 0.2) is 48.5 Å². The van der Waals surface area contributed by atoms with Gasteiger partial charge in [-0.1, -0.05) is 43.3 Å². The van der Waals surface area contributed by atoms with Crippen molar-refractivity contribution in [2.45, 2.75) is 32.3 Å². The molecule has 0 aliphatic heterocycles. The fourth-order valence-corrected chi connectivity index (χ4v) is 2.30. The molecule has 0 bridgehead atoms. The van der Waals surface area contributed by atoms with E-state index in [1.807, 2.05) is 12.1 Å². The lowest BCUT2D eigenvalue weighted by molar-refractivity contribution is -0.121. The number of amides is 1. The second kappa shape index (κ2) is 8.44. The van der Waals surface area contributed by atoms with Crippen LogP contribution in [0.2, 0.25) is 0 Å². The molecule has 1 unspecified atom stereocenters. The van der Waals surface area contributed by atoms with Crippen molar-refractivity contribution in [3.63, 3.8) is 0 Å². The van der Waals surface area contributed by atoms with Gasteiger partial charge in [-0.2, -0.15) is 0 Å². The molecule has 0 aliphatic carbocycles. The monoisotopic (exact) mass is 315 g/mol. The van der Waals surface area contributed by atoms with Gasteiger partial charge in [0, 0.05) is 13.0 Å². The number of benzene rings is 2. The van der Waals surface area contributed by atoms with Gasteiger partial charge in [0.2, 0.25) is 5.91 Å². The number of aliphatic hydroxyl groups excluding tert-OH is 1. The first-order valence-electron chi connectivity index (χ1n) is 7.86. The minimum absolute atomic E-state index is 0.106. The first-order chi connectivity index (χ1) is 11.1. The van der Waals surface area contributed by atoms with E-state index in [4.69, 9.17) is 0 Å². The maximum atomic E-state index is 12.8. The van der Waals surface area contributed by atoms with Gasteiger partial charge >= 0.3 is 0 Å². The molecule has 2 aromatic carbocycles. The smallest absolute Gasteiger partial charge is 0.220 e. The third-order valence-electron chi connectivity index (χ3n) is 3.82. The summed E-state index contributed by atoms with van der Waals surface area (Å²) in [7, 11) is 0. The summed E-state index contributed by atoms with van der Waals surface area (Å²) in [5.41, 5.74) is 2.99. The molecule has 0 spiro atoms. The number of hydrogen-bond donors (Lipinski definition) is 2. The summed E-state index contributed by atoms with van der Waals surface area (Å²) >= 11 is 0. The maximum Gasteiger partial charge on any atom is 0.220 e. The number of halogens is 1. The van der Waals surface area contributed by atoms with E-state index in [0.29, 0.717) is 18.4 Å². The van der Waals surface area contributed by atoms with Gasteiger partial charge in [0.15, 0.2) is 0 Å². The van der Waals surface area contributed by atoms with Gasteiger partial charge in [0.25, 0.3) is 0 Å². The number of aryl methyl sites for hydroxylation is 2. The summed E-state index contributed by atoms with van der Waals surface area (Å²) in [5.74, 6) is -0.454. The largest absolute Gasteiger partial charge is 0.387 e. The SMILES string of the molecule is CCc1ccc(CCC(=O)NCC(O)c2ccc(F)cc2)cc1. The number of rotatable bonds is 7. The van der Waals surface area contributed by atoms with E-state index in [1.54, 1.807) is 0 Å². The summed E-state index contributed by atoms with van der Waals surface area (Å²) in [4.78, 5) is 11.8. The molecule has 0 radical (unpaired) electrons. The Balaban J connectivity index is 1.74. The van der Waals surface area contributed by atoms with Crippen LogP contribution in [0, 0.1) is 5.82 Å². The van der Waals surface area contributed by atoms with Crippen molar-refractivity contribution in [2.24, 2.45) is 0 Å². The van der Waals surface area contributed by atoms with Gasteiger partial charge in [-0.3, -0.25) is 4.79 Å². The zero-order valence-electron chi connectivity index (χ0n) is 13.3. The molecule has 23 heavy (non-hydrogen) atoms. The Kier molecular flexibility index (Phi) is 6.29. The minimum Gasteiger partial charge on any atom is -0.387 e. The molecular formula is C19H22FNO2. The van der Waals surface area contributed by atoms with Crippen LogP contribution in [0.5, 0.6) is 0 Å². The molecule has 122 valence electrons. The van der Waals surface area contributed by atoms with E-state index in [0.717, 1.165) is 12.0 Å². The van der Waals surface area contributed by atoms with Crippen molar-refractivity contribution in [1.29, 1.82) is 0 Å². The molecule has 0 heterocycles. The minimum atomic E-state index is -0.830. The number of aliphatic hydroxyl groups is 1. The topological polar surface area (TPSA) is 49.3 Å². The molecule has 0 fully saturated rings. The van der Waals surface area contributed by atoms with Gasteiger partial charge in [0.05, 0.1) is 6.10 Å². The molecule has 0 aliphatic rings. The van der Waals surface area contributed by atoms with Crippen molar-refractivity contribution in [2.75, 3.05) is 6.54 Å². The Labute approximate surface area is 136 Å². The van der Waals surface area contributed by atoms with Crippen LogP contribution in [-0.2, 0) is 17.6 Å².